The van der Waals surface area contributed by atoms with Crippen LogP contribution in [0, 0.1) is 0 Å². The summed E-state index contributed by atoms with van der Waals surface area (Å²) in [7, 11) is -3.55. The number of piperidine rings is 1. The van der Waals surface area contributed by atoms with Gasteiger partial charge < -0.3 is 10.1 Å². The standard InChI is InChI=1S/C20H23BrN2O4S/c1-15(27-18-10-8-16(21)9-11-18)20(24)22-17-6-5-7-19(14-17)28(25,26)23-12-3-2-4-13-23/h5-11,14-15H,2-4,12-13H2,1H3,(H,22,24). The molecule has 8 heteroatoms. The maximum atomic E-state index is 12.8. The van der Waals surface area contributed by atoms with Gasteiger partial charge in [-0.3, -0.25) is 4.79 Å². The van der Waals surface area contributed by atoms with E-state index in [2.05, 4.69) is 21.2 Å². The second-order valence-electron chi connectivity index (χ2n) is 6.70. The Hall–Kier alpha value is -1.90. The maximum Gasteiger partial charge on any atom is 0.265 e. The summed E-state index contributed by atoms with van der Waals surface area (Å²) < 4.78 is 33.7. The van der Waals surface area contributed by atoms with Crippen LogP contribution in [0.3, 0.4) is 0 Å². The van der Waals surface area contributed by atoms with E-state index < -0.39 is 16.1 Å². The topological polar surface area (TPSA) is 75.7 Å². The van der Waals surface area contributed by atoms with Gasteiger partial charge in [0.25, 0.3) is 5.91 Å². The Balaban J connectivity index is 1.68. The van der Waals surface area contributed by atoms with Gasteiger partial charge in [0.1, 0.15) is 5.75 Å². The molecule has 6 nitrogen and oxygen atoms in total. The molecular formula is C20H23BrN2O4S. The first-order chi connectivity index (χ1) is 13.4. The molecule has 0 aromatic heterocycles. The number of carbonyl (C=O) groups is 1. The summed E-state index contributed by atoms with van der Waals surface area (Å²) in [6.07, 6.45) is 2.07. The van der Waals surface area contributed by atoms with Crippen molar-refractivity contribution in [2.45, 2.75) is 37.2 Å². The molecule has 1 aliphatic heterocycles. The van der Waals surface area contributed by atoms with E-state index in [1.54, 1.807) is 37.3 Å². The van der Waals surface area contributed by atoms with Gasteiger partial charge in [-0.1, -0.05) is 28.4 Å². The molecule has 0 aliphatic carbocycles. The van der Waals surface area contributed by atoms with Crippen LogP contribution in [-0.4, -0.2) is 37.8 Å². The molecule has 1 saturated heterocycles. The van der Waals surface area contributed by atoms with Gasteiger partial charge in [-0.15, -0.1) is 0 Å². The van der Waals surface area contributed by atoms with Crippen LogP contribution in [0.5, 0.6) is 5.75 Å². The minimum Gasteiger partial charge on any atom is -0.481 e. The van der Waals surface area contributed by atoms with Crippen molar-refractivity contribution in [3.05, 3.63) is 53.0 Å². The van der Waals surface area contributed by atoms with Crippen LogP contribution in [0.2, 0.25) is 0 Å². The number of anilines is 1. The summed E-state index contributed by atoms with van der Waals surface area (Å²) in [5, 5.41) is 2.73. The fourth-order valence-corrected chi connectivity index (χ4v) is 4.83. The summed E-state index contributed by atoms with van der Waals surface area (Å²) in [5.74, 6) is 0.225. The fourth-order valence-electron chi connectivity index (χ4n) is 3.00. The molecule has 0 radical (unpaired) electrons. The zero-order chi connectivity index (χ0) is 20.1. The minimum absolute atomic E-state index is 0.189. The van der Waals surface area contributed by atoms with Gasteiger partial charge in [0.15, 0.2) is 6.10 Å². The smallest absolute Gasteiger partial charge is 0.265 e. The number of carbonyl (C=O) groups excluding carboxylic acids is 1. The maximum absolute atomic E-state index is 12.8. The van der Waals surface area contributed by atoms with Crippen LogP contribution in [0.4, 0.5) is 5.69 Å². The minimum atomic E-state index is -3.55. The number of hydrogen-bond acceptors (Lipinski definition) is 4. The Labute approximate surface area is 174 Å². The molecule has 2 aromatic carbocycles. The first-order valence-corrected chi connectivity index (χ1v) is 11.4. The number of nitrogens with one attached hydrogen (secondary N) is 1. The van der Waals surface area contributed by atoms with E-state index in [4.69, 9.17) is 4.74 Å². The Morgan fingerprint density at radius 2 is 1.79 bits per heavy atom. The van der Waals surface area contributed by atoms with E-state index >= 15 is 0 Å². The zero-order valence-corrected chi connectivity index (χ0v) is 18.0. The van der Waals surface area contributed by atoms with E-state index in [1.807, 2.05) is 12.1 Å². The van der Waals surface area contributed by atoms with Crippen molar-refractivity contribution >= 4 is 37.5 Å². The Morgan fingerprint density at radius 1 is 1.11 bits per heavy atom. The molecular weight excluding hydrogens is 444 g/mol. The van der Waals surface area contributed by atoms with E-state index in [0.717, 1.165) is 23.7 Å². The van der Waals surface area contributed by atoms with E-state index in [-0.39, 0.29) is 10.8 Å². The van der Waals surface area contributed by atoms with Gasteiger partial charge >= 0.3 is 0 Å². The lowest BCUT2D eigenvalue weighted by molar-refractivity contribution is -0.122. The highest BCUT2D eigenvalue weighted by Crippen LogP contribution is 2.23. The zero-order valence-electron chi connectivity index (χ0n) is 15.6. The highest BCUT2D eigenvalue weighted by molar-refractivity contribution is 9.10. The molecule has 0 bridgehead atoms. The Bertz CT molecular complexity index is 925. The van der Waals surface area contributed by atoms with Crippen molar-refractivity contribution in [2.24, 2.45) is 0 Å². The number of rotatable bonds is 6. The van der Waals surface area contributed by atoms with Gasteiger partial charge in [0, 0.05) is 23.2 Å². The molecule has 0 saturated carbocycles. The van der Waals surface area contributed by atoms with Gasteiger partial charge in [-0.25, -0.2) is 8.42 Å². The molecule has 1 amide bonds. The monoisotopic (exact) mass is 466 g/mol. The molecule has 1 unspecified atom stereocenters. The normalized spacial score (nSPS) is 16.4. The molecule has 1 aliphatic rings. The molecule has 2 aromatic rings. The van der Waals surface area contributed by atoms with Crippen molar-refractivity contribution in [1.29, 1.82) is 0 Å². The predicted octanol–water partition coefficient (Wildman–Crippen LogP) is 4.03. The SMILES string of the molecule is CC(Oc1ccc(Br)cc1)C(=O)Nc1cccc(S(=O)(=O)N2CCCCC2)c1. The molecule has 150 valence electrons. The second kappa shape index (κ2) is 9.07. The number of halogens is 1. The van der Waals surface area contributed by atoms with Crippen LogP contribution < -0.4 is 10.1 Å². The van der Waals surface area contributed by atoms with Crippen molar-refractivity contribution in [1.82, 2.24) is 4.31 Å². The van der Waals surface area contributed by atoms with Crippen LogP contribution >= 0.6 is 15.9 Å². The fraction of sp³-hybridized carbons (Fsp3) is 0.350. The quantitative estimate of drug-likeness (QED) is 0.696. The summed E-state index contributed by atoms with van der Waals surface area (Å²) in [5.41, 5.74) is 0.425. The molecule has 3 rings (SSSR count). The third-order valence-corrected chi connectivity index (χ3v) is 6.97. The molecule has 28 heavy (non-hydrogen) atoms. The molecule has 1 heterocycles. The summed E-state index contributed by atoms with van der Waals surface area (Å²) >= 11 is 3.35. The average molecular weight is 467 g/mol. The van der Waals surface area contributed by atoms with Crippen molar-refractivity contribution in [2.75, 3.05) is 18.4 Å². The van der Waals surface area contributed by atoms with Crippen LogP contribution in [0.25, 0.3) is 0 Å². The molecule has 1 atom stereocenters. The molecule has 1 N–H and O–H groups in total. The lowest BCUT2D eigenvalue weighted by Gasteiger charge is -2.26. The average Bonchev–Trinajstić information content (AvgIpc) is 2.70. The lowest BCUT2D eigenvalue weighted by Crippen LogP contribution is -2.35. The highest BCUT2D eigenvalue weighted by Gasteiger charge is 2.26. The van der Waals surface area contributed by atoms with Crippen molar-refractivity contribution in [3.8, 4) is 5.75 Å². The van der Waals surface area contributed by atoms with E-state index in [0.29, 0.717) is 24.5 Å². The molecule has 0 spiro atoms. The first kappa shape index (κ1) is 20.8. The van der Waals surface area contributed by atoms with Crippen LogP contribution in [0.1, 0.15) is 26.2 Å². The van der Waals surface area contributed by atoms with Crippen LogP contribution in [0.15, 0.2) is 57.9 Å². The number of nitrogens with zero attached hydrogens (tertiary/aromatic N) is 1. The van der Waals surface area contributed by atoms with Gasteiger partial charge in [-0.05, 0) is 62.2 Å². The first-order valence-electron chi connectivity index (χ1n) is 9.19. The summed E-state index contributed by atoms with van der Waals surface area (Å²) in [6, 6.07) is 13.5. The van der Waals surface area contributed by atoms with E-state index in [9.17, 15) is 13.2 Å². The highest BCUT2D eigenvalue weighted by atomic mass is 79.9. The number of hydrogen-bond donors (Lipinski definition) is 1. The lowest BCUT2D eigenvalue weighted by atomic mass is 10.2. The van der Waals surface area contributed by atoms with Crippen molar-refractivity contribution < 1.29 is 17.9 Å². The summed E-state index contributed by atoms with van der Waals surface area (Å²) in [4.78, 5) is 12.6. The van der Waals surface area contributed by atoms with Gasteiger partial charge in [-0.2, -0.15) is 4.31 Å². The number of sulfonamides is 1. The second-order valence-corrected chi connectivity index (χ2v) is 9.55. The number of benzene rings is 2. The third-order valence-electron chi connectivity index (χ3n) is 4.55. The number of amides is 1. The van der Waals surface area contributed by atoms with Crippen molar-refractivity contribution in [3.63, 3.8) is 0 Å². The largest absolute Gasteiger partial charge is 0.481 e. The predicted molar refractivity (Wildman–Crippen MR) is 112 cm³/mol. The summed E-state index contributed by atoms with van der Waals surface area (Å²) in [6.45, 7) is 2.72. The Kier molecular flexibility index (Phi) is 6.74. The third kappa shape index (κ3) is 5.12. The van der Waals surface area contributed by atoms with E-state index in [1.165, 1.54) is 10.4 Å². The van der Waals surface area contributed by atoms with Gasteiger partial charge in [0.2, 0.25) is 10.0 Å². The molecule has 1 fully saturated rings. The van der Waals surface area contributed by atoms with Crippen LogP contribution in [-0.2, 0) is 14.8 Å². The van der Waals surface area contributed by atoms with Gasteiger partial charge in [0.05, 0.1) is 4.90 Å². The number of ether oxygens (including phenoxy) is 1. The Morgan fingerprint density at radius 3 is 2.46 bits per heavy atom.